The summed E-state index contributed by atoms with van der Waals surface area (Å²) in [6.45, 7) is 0. The molecule has 0 aliphatic heterocycles. The second kappa shape index (κ2) is 8.81. The van der Waals surface area contributed by atoms with Crippen molar-refractivity contribution in [2.45, 2.75) is 23.5 Å². The third-order valence-corrected chi connectivity index (χ3v) is 5.10. The highest BCUT2D eigenvalue weighted by atomic mass is 32.2. The average Bonchev–Trinajstić information content (AvgIpc) is 2.64. The van der Waals surface area contributed by atoms with Gasteiger partial charge in [-0.3, -0.25) is 13.8 Å². The summed E-state index contributed by atoms with van der Waals surface area (Å²) in [5, 5.41) is 2.30. The molecule has 0 bridgehead atoms. The number of nitrogens with two attached hydrogens (primary N) is 1. The predicted octanol–water partition coefficient (Wildman–Crippen LogP) is 2.49. The molecule has 0 heterocycles. The number of hydrogen-bond donors (Lipinski definition) is 2. The number of amides is 2. The van der Waals surface area contributed by atoms with Gasteiger partial charge in [-0.15, -0.1) is 0 Å². The fourth-order valence-corrected chi connectivity index (χ4v) is 3.43. The molecule has 2 rings (SSSR count). The van der Waals surface area contributed by atoms with Crippen LogP contribution in [0.2, 0.25) is 0 Å². The van der Waals surface area contributed by atoms with Gasteiger partial charge >= 0.3 is 6.18 Å². The van der Waals surface area contributed by atoms with E-state index >= 15 is 0 Å². The molecule has 5 nitrogen and oxygen atoms in total. The largest absolute Gasteiger partial charge is 0.416 e. The van der Waals surface area contributed by atoms with Crippen LogP contribution < -0.4 is 11.1 Å². The van der Waals surface area contributed by atoms with Crippen LogP contribution in [0.25, 0.3) is 0 Å². The first-order valence-corrected chi connectivity index (χ1v) is 9.21. The van der Waals surface area contributed by atoms with Gasteiger partial charge in [0, 0.05) is 16.2 Å². The van der Waals surface area contributed by atoms with E-state index in [9.17, 15) is 27.0 Å². The molecule has 0 fully saturated rings. The van der Waals surface area contributed by atoms with Gasteiger partial charge in [0.15, 0.2) is 0 Å². The van der Waals surface area contributed by atoms with E-state index in [2.05, 4.69) is 5.32 Å². The topological polar surface area (TPSA) is 89.3 Å². The minimum absolute atomic E-state index is 0.0124. The fraction of sp³-hybridized carbons (Fsp3) is 0.222. The van der Waals surface area contributed by atoms with Crippen LogP contribution in [-0.2, 0) is 21.8 Å². The summed E-state index contributed by atoms with van der Waals surface area (Å²) >= 11 is 0. The van der Waals surface area contributed by atoms with Crippen molar-refractivity contribution < 1.29 is 27.0 Å². The molecule has 0 aliphatic carbocycles. The van der Waals surface area contributed by atoms with Gasteiger partial charge in [-0.25, -0.2) is 0 Å². The molecule has 144 valence electrons. The molecule has 0 saturated carbocycles. The van der Waals surface area contributed by atoms with Gasteiger partial charge in [0.2, 0.25) is 5.91 Å². The molecule has 9 heteroatoms. The standard InChI is InChI=1S/C18H17F3N2O3S/c19-18(20,21)13-6-4-5-12(11-13)17(25)23-15(16(22)24)9-10-27(26)14-7-2-1-3-8-14/h1-8,11,15H,9-10H2,(H2,22,24)(H,23,25)/t15-,27-/m0/s1. The van der Waals surface area contributed by atoms with Crippen molar-refractivity contribution >= 4 is 22.6 Å². The van der Waals surface area contributed by atoms with Gasteiger partial charge in [0.1, 0.15) is 6.04 Å². The maximum atomic E-state index is 12.8. The van der Waals surface area contributed by atoms with Crippen LogP contribution in [0.5, 0.6) is 0 Å². The molecule has 2 atom stereocenters. The Hall–Kier alpha value is -2.68. The van der Waals surface area contributed by atoms with Crippen LogP contribution >= 0.6 is 0 Å². The lowest BCUT2D eigenvalue weighted by Gasteiger charge is -2.16. The van der Waals surface area contributed by atoms with E-state index in [1.807, 2.05) is 0 Å². The van der Waals surface area contributed by atoms with Crippen LogP contribution in [0, 0.1) is 0 Å². The van der Waals surface area contributed by atoms with E-state index in [0.717, 1.165) is 12.1 Å². The van der Waals surface area contributed by atoms with Crippen molar-refractivity contribution in [2.24, 2.45) is 5.73 Å². The highest BCUT2D eigenvalue weighted by molar-refractivity contribution is 7.85. The zero-order valence-electron chi connectivity index (χ0n) is 14.0. The first kappa shape index (κ1) is 20.6. The molecule has 0 unspecified atom stereocenters. The van der Waals surface area contributed by atoms with E-state index in [0.29, 0.717) is 11.0 Å². The molecular weight excluding hydrogens is 381 g/mol. The Morgan fingerprint density at radius 1 is 1.07 bits per heavy atom. The molecule has 0 aromatic heterocycles. The monoisotopic (exact) mass is 398 g/mol. The van der Waals surface area contributed by atoms with Gasteiger partial charge in [-0.2, -0.15) is 13.2 Å². The van der Waals surface area contributed by atoms with Gasteiger partial charge < -0.3 is 11.1 Å². The van der Waals surface area contributed by atoms with Gasteiger partial charge in [-0.1, -0.05) is 24.3 Å². The van der Waals surface area contributed by atoms with E-state index < -0.39 is 40.4 Å². The van der Waals surface area contributed by atoms with E-state index in [-0.39, 0.29) is 17.7 Å². The molecule has 0 aliphatic rings. The van der Waals surface area contributed by atoms with Gasteiger partial charge in [-0.05, 0) is 36.8 Å². The Labute approximate surface area is 156 Å². The van der Waals surface area contributed by atoms with Crippen molar-refractivity contribution in [2.75, 3.05) is 5.75 Å². The van der Waals surface area contributed by atoms with Gasteiger partial charge in [0.25, 0.3) is 5.91 Å². The van der Waals surface area contributed by atoms with Crippen molar-refractivity contribution in [1.82, 2.24) is 5.32 Å². The van der Waals surface area contributed by atoms with Crippen molar-refractivity contribution in [3.63, 3.8) is 0 Å². The maximum Gasteiger partial charge on any atom is 0.416 e. The molecule has 3 N–H and O–H groups in total. The number of nitrogens with one attached hydrogen (secondary N) is 1. The van der Waals surface area contributed by atoms with Crippen LogP contribution in [0.3, 0.4) is 0 Å². The number of carbonyl (C=O) groups excluding carboxylic acids is 2. The zero-order valence-corrected chi connectivity index (χ0v) is 14.8. The Morgan fingerprint density at radius 2 is 1.74 bits per heavy atom. The lowest BCUT2D eigenvalue weighted by atomic mass is 10.1. The number of alkyl halides is 3. The van der Waals surface area contributed by atoms with Crippen LogP contribution in [-0.4, -0.2) is 27.8 Å². The third-order valence-electron chi connectivity index (χ3n) is 3.70. The smallest absolute Gasteiger partial charge is 0.368 e. The number of hydrogen-bond acceptors (Lipinski definition) is 3. The molecule has 0 radical (unpaired) electrons. The Balaban J connectivity index is 2.04. The van der Waals surface area contributed by atoms with Crippen LogP contribution in [0.4, 0.5) is 13.2 Å². The first-order chi connectivity index (χ1) is 12.7. The number of benzene rings is 2. The summed E-state index contributed by atoms with van der Waals surface area (Å²) < 4.78 is 50.5. The minimum Gasteiger partial charge on any atom is -0.368 e. The Morgan fingerprint density at radius 3 is 2.33 bits per heavy atom. The van der Waals surface area contributed by atoms with E-state index in [1.54, 1.807) is 30.3 Å². The summed E-state index contributed by atoms with van der Waals surface area (Å²) in [6.07, 6.45) is -4.60. The van der Waals surface area contributed by atoms with Crippen molar-refractivity contribution in [3.8, 4) is 0 Å². The summed E-state index contributed by atoms with van der Waals surface area (Å²) in [7, 11) is -1.40. The Kier molecular flexibility index (Phi) is 6.73. The summed E-state index contributed by atoms with van der Waals surface area (Å²) in [6, 6.07) is 11.2. The number of carbonyl (C=O) groups is 2. The van der Waals surface area contributed by atoms with Crippen LogP contribution in [0.1, 0.15) is 22.3 Å². The lowest BCUT2D eigenvalue weighted by molar-refractivity contribution is -0.137. The quantitative estimate of drug-likeness (QED) is 0.751. The van der Waals surface area contributed by atoms with Gasteiger partial charge in [0.05, 0.1) is 16.4 Å². The first-order valence-electron chi connectivity index (χ1n) is 7.89. The number of primary amides is 1. The molecule has 0 saturated heterocycles. The lowest BCUT2D eigenvalue weighted by Crippen LogP contribution is -2.45. The second-order valence-electron chi connectivity index (χ2n) is 5.66. The molecular formula is C18H17F3N2O3S. The average molecular weight is 398 g/mol. The molecule has 2 aromatic rings. The van der Waals surface area contributed by atoms with Crippen LogP contribution in [0.15, 0.2) is 59.5 Å². The minimum atomic E-state index is -4.59. The van der Waals surface area contributed by atoms with Crippen molar-refractivity contribution in [3.05, 3.63) is 65.7 Å². The second-order valence-corrected chi connectivity index (χ2v) is 7.23. The summed E-state index contributed by atoms with van der Waals surface area (Å²) in [5.74, 6) is -1.67. The SMILES string of the molecule is NC(=O)[C@H](CC[S@](=O)c1ccccc1)NC(=O)c1cccc(C(F)(F)F)c1. The molecule has 0 spiro atoms. The number of rotatable bonds is 7. The number of halogens is 3. The summed E-state index contributed by atoms with van der Waals surface area (Å²) in [5.41, 5.74) is 4.03. The highest BCUT2D eigenvalue weighted by Crippen LogP contribution is 2.29. The molecule has 2 aromatic carbocycles. The normalized spacial score (nSPS) is 13.6. The molecule has 2 amide bonds. The van der Waals surface area contributed by atoms with E-state index in [4.69, 9.17) is 5.73 Å². The van der Waals surface area contributed by atoms with E-state index in [1.165, 1.54) is 6.07 Å². The Bertz CT molecular complexity index is 841. The maximum absolute atomic E-state index is 12.8. The molecule has 27 heavy (non-hydrogen) atoms. The predicted molar refractivity (Wildman–Crippen MR) is 94.2 cm³/mol. The zero-order chi connectivity index (χ0) is 20.0. The van der Waals surface area contributed by atoms with Crippen molar-refractivity contribution in [1.29, 1.82) is 0 Å². The highest BCUT2D eigenvalue weighted by Gasteiger charge is 2.31. The third kappa shape index (κ3) is 5.92. The summed E-state index contributed by atoms with van der Waals surface area (Å²) in [4.78, 5) is 24.3. The fourth-order valence-electron chi connectivity index (χ4n) is 2.28.